The number of piperidine rings is 1. The molecule has 1 amide bonds. The van der Waals surface area contributed by atoms with E-state index in [4.69, 9.17) is 11.6 Å². The minimum Gasteiger partial charge on any atom is -0.368 e. The van der Waals surface area contributed by atoms with Crippen molar-refractivity contribution in [1.82, 2.24) is 9.80 Å². The van der Waals surface area contributed by atoms with Gasteiger partial charge in [0.1, 0.15) is 5.82 Å². The zero-order valence-corrected chi connectivity index (χ0v) is 17.3. The molecule has 2 aromatic rings. The molecular weight excluding hydrogens is 389 g/mol. The second kappa shape index (κ2) is 9.14. The van der Waals surface area contributed by atoms with Crippen LogP contribution in [0.1, 0.15) is 18.4 Å². The van der Waals surface area contributed by atoms with Gasteiger partial charge in [-0.1, -0.05) is 23.7 Å². The number of piperazine rings is 1. The average Bonchev–Trinajstić information content (AvgIpc) is 2.75. The number of hydrogen-bond acceptors (Lipinski definition) is 3. The molecule has 0 spiro atoms. The lowest BCUT2D eigenvalue weighted by Crippen LogP contribution is -2.51. The van der Waals surface area contributed by atoms with Gasteiger partial charge >= 0.3 is 0 Å². The van der Waals surface area contributed by atoms with Crippen molar-refractivity contribution in [1.29, 1.82) is 0 Å². The summed E-state index contributed by atoms with van der Waals surface area (Å²) in [5, 5.41) is 0.771. The Bertz CT molecular complexity index is 828. The largest absolute Gasteiger partial charge is 0.368 e. The van der Waals surface area contributed by atoms with Crippen LogP contribution in [-0.4, -0.2) is 55.0 Å². The lowest BCUT2D eigenvalue weighted by Gasteiger charge is -2.39. The van der Waals surface area contributed by atoms with Gasteiger partial charge in [0.15, 0.2) is 0 Å². The lowest BCUT2D eigenvalue weighted by molar-refractivity contribution is -0.137. The summed E-state index contributed by atoms with van der Waals surface area (Å²) >= 11 is 6.08. The Morgan fingerprint density at radius 1 is 0.966 bits per heavy atom. The molecule has 2 aliphatic rings. The number of nitrogens with zero attached hydrogens (tertiary/aromatic N) is 3. The number of benzene rings is 2. The summed E-state index contributed by atoms with van der Waals surface area (Å²) in [6, 6.07) is 14.6. The summed E-state index contributed by atoms with van der Waals surface area (Å²) in [7, 11) is 0. The van der Waals surface area contributed by atoms with Crippen molar-refractivity contribution in [3.8, 4) is 0 Å². The van der Waals surface area contributed by atoms with E-state index in [0.717, 1.165) is 69.4 Å². The Morgan fingerprint density at radius 2 is 1.66 bits per heavy atom. The van der Waals surface area contributed by atoms with E-state index in [0.29, 0.717) is 5.91 Å². The van der Waals surface area contributed by atoms with Gasteiger partial charge in [-0.3, -0.25) is 9.69 Å². The van der Waals surface area contributed by atoms with Gasteiger partial charge in [-0.25, -0.2) is 4.39 Å². The Morgan fingerprint density at radius 3 is 2.31 bits per heavy atom. The van der Waals surface area contributed by atoms with E-state index in [2.05, 4.69) is 15.9 Å². The van der Waals surface area contributed by atoms with Crippen LogP contribution in [-0.2, 0) is 11.3 Å². The van der Waals surface area contributed by atoms with Crippen LogP contribution in [0.25, 0.3) is 0 Å². The highest BCUT2D eigenvalue weighted by molar-refractivity contribution is 6.30. The molecule has 154 valence electrons. The van der Waals surface area contributed by atoms with E-state index in [1.807, 2.05) is 35.2 Å². The second-order valence-electron chi connectivity index (χ2n) is 7.97. The normalized spacial score (nSPS) is 18.8. The van der Waals surface area contributed by atoms with Crippen LogP contribution in [0.5, 0.6) is 0 Å². The molecule has 2 aliphatic heterocycles. The first-order valence-electron chi connectivity index (χ1n) is 10.3. The van der Waals surface area contributed by atoms with E-state index in [1.165, 1.54) is 17.7 Å². The third-order valence-corrected chi connectivity index (χ3v) is 6.25. The summed E-state index contributed by atoms with van der Waals surface area (Å²) < 4.78 is 13.1. The van der Waals surface area contributed by atoms with Crippen LogP contribution in [0.15, 0.2) is 48.5 Å². The number of halogens is 2. The first-order valence-corrected chi connectivity index (χ1v) is 10.7. The molecule has 0 N–H and O–H groups in total. The Balaban J connectivity index is 1.24. The van der Waals surface area contributed by atoms with E-state index in [1.54, 1.807) is 0 Å². The van der Waals surface area contributed by atoms with Gasteiger partial charge < -0.3 is 9.80 Å². The van der Waals surface area contributed by atoms with Crippen molar-refractivity contribution < 1.29 is 9.18 Å². The molecule has 2 saturated heterocycles. The van der Waals surface area contributed by atoms with Gasteiger partial charge in [-0.15, -0.1) is 0 Å². The maximum Gasteiger partial charge on any atom is 0.225 e. The molecule has 29 heavy (non-hydrogen) atoms. The molecule has 0 aliphatic carbocycles. The number of hydrogen-bond donors (Lipinski definition) is 0. The maximum atomic E-state index is 13.1. The molecule has 0 saturated carbocycles. The number of amides is 1. The SMILES string of the molecule is O=C(C1CCN(Cc2cccc(Cl)c2)CC1)N1CCN(c2ccc(F)cc2)CC1. The van der Waals surface area contributed by atoms with Crippen molar-refractivity contribution in [2.24, 2.45) is 5.92 Å². The summed E-state index contributed by atoms with van der Waals surface area (Å²) in [6.45, 7) is 5.84. The minimum absolute atomic E-state index is 0.128. The molecule has 0 atom stereocenters. The van der Waals surface area contributed by atoms with Crippen LogP contribution in [0, 0.1) is 11.7 Å². The Kier molecular flexibility index (Phi) is 6.36. The van der Waals surface area contributed by atoms with E-state index in [-0.39, 0.29) is 11.7 Å². The van der Waals surface area contributed by atoms with Gasteiger partial charge in [0, 0.05) is 49.4 Å². The molecule has 2 aromatic carbocycles. The number of carbonyl (C=O) groups excluding carboxylic acids is 1. The first-order chi connectivity index (χ1) is 14.1. The Labute approximate surface area is 176 Å². The van der Waals surface area contributed by atoms with Gasteiger partial charge in [0.2, 0.25) is 5.91 Å². The highest BCUT2D eigenvalue weighted by Crippen LogP contribution is 2.24. The van der Waals surface area contributed by atoms with E-state index >= 15 is 0 Å². The molecule has 0 unspecified atom stereocenters. The van der Waals surface area contributed by atoms with Crippen molar-refractivity contribution in [3.63, 3.8) is 0 Å². The van der Waals surface area contributed by atoms with Crippen molar-refractivity contribution in [3.05, 3.63) is 64.9 Å². The molecular formula is C23H27ClFN3O. The van der Waals surface area contributed by atoms with Crippen LogP contribution in [0.3, 0.4) is 0 Å². The van der Waals surface area contributed by atoms with Gasteiger partial charge in [0.05, 0.1) is 0 Å². The quantitative estimate of drug-likeness (QED) is 0.754. The van der Waals surface area contributed by atoms with Crippen LogP contribution in [0.2, 0.25) is 5.02 Å². The van der Waals surface area contributed by atoms with Crippen molar-refractivity contribution >= 4 is 23.2 Å². The van der Waals surface area contributed by atoms with Crippen LogP contribution >= 0.6 is 11.6 Å². The van der Waals surface area contributed by atoms with Crippen molar-refractivity contribution in [2.75, 3.05) is 44.2 Å². The fourth-order valence-electron chi connectivity index (χ4n) is 4.33. The van der Waals surface area contributed by atoms with Crippen molar-refractivity contribution in [2.45, 2.75) is 19.4 Å². The zero-order valence-electron chi connectivity index (χ0n) is 16.6. The molecule has 6 heteroatoms. The highest BCUT2D eigenvalue weighted by Gasteiger charge is 2.30. The Hall–Kier alpha value is -2.11. The third-order valence-electron chi connectivity index (χ3n) is 6.02. The first kappa shape index (κ1) is 20.2. The summed E-state index contributed by atoms with van der Waals surface area (Å²) in [5.41, 5.74) is 2.24. The summed E-state index contributed by atoms with van der Waals surface area (Å²) in [5.74, 6) is 0.207. The minimum atomic E-state index is -0.218. The summed E-state index contributed by atoms with van der Waals surface area (Å²) in [4.78, 5) is 19.6. The predicted octanol–water partition coefficient (Wildman–Crippen LogP) is 4.04. The smallest absolute Gasteiger partial charge is 0.225 e. The fourth-order valence-corrected chi connectivity index (χ4v) is 4.54. The molecule has 4 nitrogen and oxygen atoms in total. The molecule has 0 radical (unpaired) electrons. The number of rotatable bonds is 4. The lowest BCUT2D eigenvalue weighted by atomic mass is 9.94. The number of likely N-dealkylation sites (tertiary alicyclic amines) is 1. The topological polar surface area (TPSA) is 26.8 Å². The summed E-state index contributed by atoms with van der Waals surface area (Å²) in [6.07, 6.45) is 1.83. The van der Waals surface area contributed by atoms with Crippen LogP contribution in [0.4, 0.5) is 10.1 Å². The highest BCUT2D eigenvalue weighted by atomic mass is 35.5. The molecule has 2 fully saturated rings. The third kappa shape index (κ3) is 5.09. The molecule has 0 bridgehead atoms. The maximum absolute atomic E-state index is 13.1. The van der Waals surface area contributed by atoms with Gasteiger partial charge in [-0.05, 0) is 67.9 Å². The van der Waals surface area contributed by atoms with Gasteiger partial charge in [-0.2, -0.15) is 0 Å². The number of anilines is 1. The molecule has 4 rings (SSSR count). The number of carbonyl (C=O) groups is 1. The van der Waals surface area contributed by atoms with Gasteiger partial charge in [0.25, 0.3) is 0 Å². The standard InChI is InChI=1S/C23H27ClFN3O/c24-20-3-1-2-18(16-20)17-26-10-8-19(9-11-26)23(29)28-14-12-27(13-15-28)22-6-4-21(25)5-7-22/h1-7,16,19H,8-15,17H2. The molecule has 2 heterocycles. The van der Waals surface area contributed by atoms with Crippen LogP contribution < -0.4 is 4.90 Å². The predicted molar refractivity (Wildman–Crippen MR) is 115 cm³/mol. The monoisotopic (exact) mass is 415 g/mol. The zero-order chi connectivity index (χ0) is 20.2. The van der Waals surface area contributed by atoms with E-state index < -0.39 is 0 Å². The van der Waals surface area contributed by atoms with E-state index in [9.17, 15) is 9.18 Å². The fraction of sp³-hybridized carbons (Fsp3) is 0.435. The average molecular weight is 416 g/mol. The molecule has 0 aromatic heterocycles. The second-order valence-corrected chi connectivity index (χ2v) is 8.41.